The molecule has 1 aromatic rings. The summed E-state index contributed by atoms with van der Waals surface area (Å²) in [6.07, 6.45) is 0. The van der Waals surface area contributed by atoms with Crippen LogP contribution in [-0.4, -0.2) is 17.6 Å². The van der Waals surface area contributed by atoms with Crippen LogP contribution in [0.15, 0.2) is 30.3 Å². The van der Waals surface area contributed by atoms with E-state index in [0.717, 1.165) is 5.69 Å². The first-order chi connectivity index (χ1) is 5.29. The first-order valence-corrected chi connectivity index (χ1v) is 3.30. The Labute approximate surface area is 100 Å². The van der Waals surface area contributed by atoms with Crippen LogP contribution in [0, 0.1) is 7.43 Å². The fourth-order valence-electron chi connectivity index (χ4n) is 0.734. The third-order valence-electron chi connectivity index (χ3n) is 1.22. The maximum atomic E-state index is 10.1. The Morgan fingerprint density at radius 1 is 1.31 bits per heavy atom. The van der Waals surface area contributed by atoms with Gasteiger partial charge in [0.05, 0.1) is 0 Å². The number of benzene rings is 1. The van der Waals surface area contributed by atoms with E-state index in [0.29, 0.717) is 0 Å². The minimum absolute atomic E-state index is 0. The molecule has 0 aliphatic carbocycles. The third kappa shape index (κ3) is 6.63. The molecule has 1 aromatic carbocycles. The molecular weight excluding hydrogens is 177 g/mol. The van der Waals surface area contributed by atoms with Gasteiger partial charge in [-0.3, -0.25) is 4.79 Å². The number of aliphatic carboxylic acids is 1. The minimum atomic E-state index is -0.853. The summed E-state index contributed by atoms with van der Waals surface area (Å²) >= 11 is 0. The van der Waals surface area contributed by atoms with E-state index in [4.69, 9.17) is 5.11 Å². The smallest absolute Gasteiger partial charge is 0.480 e. The number of nitrogens with one attached hydrogen (secondary N) is 1. The monoisotopic (exact) mass is 189 g/mol. The summed E-state index contributed by atoms with van der Waals surface area (Å²) in [5, 5.41) is 11.1. The summed E-state index contributed by atoms with van der Waals surface area (Å²) in [6, 6.07) is 9.23. The van der Waals surface area contributed by atoms with Crippen molar-refractivity contribution in [1.29, 1.82) is 0 Å². The van der Waals surface area contributed by atoms with Crippen LogP contribution < -0.4 is 34.9 Å². The van der Waals surface area contributed by atoms with Gasteiger partial charge in [-0.2, -0.15) is 0 Å². The molecule has 1 rings (SSSR count). The molecule has 0 aromatic heterocycles. The van der Waals surface area contributed by atoms with E-state index in [2.05, 4.69) is 5.32 Å². The molecule has 4 heteroatoms. The maximum absolute atomic E-state index is 10.1. The molecule has 0 spiro atoms. The second kappa shape index (κ2) is 8.10. The molecule has 0 unspecified atom stereocenters. The van der Waals surface area contributed by atoms with Gasteiger partial charge in [0.15, 0.2) is 0 Å². The van der Waals surface area contributed by atoms with Crippen LogP contribution in [-0.2, 0) is 4.79 Å². The summed E-state index contributed by atoms with van der Waals surface area (Å²) in [6.45, 7) is -0.0377. The molecule has 2 N–H and O–H groups in total. The summed E-state index contributed by atoms with van der Waals surface area (Å²) < 4.78 is 0. The predicted octanol–water partition coefficient (Wildman–Crippen LogP) is -1.36. The van der Waals surface area contributed by atoms with Crippen LogP contribution in [0.2, 0.25) is 0 Å². The number of hydrogen-bond donors (Lipinski definition) is 2. The van der Waals surface area contributed by atoms with Crippen LogP contribution in [0.3, 0.4) is 0 Å². The van der Waals surface area contributed by atoms with E-state index in [1.165, 1.54) is 0 Å². The maximum Gasteiger partial charge on any atom is 1.00 e. The molecule has 0 atom stereocenters. The molecule has 0 amide bonds. The Morgan fingerprint density at radius 2 is 1.85 bits per heavy atom. The van der Waals surface area contributed by atoms with Crippen molar-refractivity contribution < 1.29 is 39.5 Å². The van der Waals surface area contributed by atoms with Crippen molar-refractivity contribution in [3.63, 3.8) is 0 Å². The molecule has 0 radical (unpaired) electrons. The zero-order chi connectivity index (χ0) is 8.10. The topological polar surface area (TPSA) is 49.3 Å². The van der Waals surface area contributed by atoms with Crippen molar-refractivity contribution in [2.45, 2.75) is 0 Å². The Kier molecular flexibility index (Phi) is 9.34. The van der Waals surface area contributed by atoms with E-state index in [1.807, 2.05) is 30.3 Å². The molecule has 0 fully saturated rings. The van der Waals surface area contributed by atoms with Gasteiger partial charge in [0.25, 0.3) is 0 Å². The van der Waals surface area contributed by atoms with E-state index < -0.39 is 5.97 Å². The van der Waals surface area contributed by atoms with Gasteiger partial charge in [0.1, 0.15) is 6.54 Å². The zero-order valence-electron chi connectivity index (χ0n) is 7.95. The van der Waals surface area contributed by atoms with E-state index >= 15 is 0 Å². The second-order valence-corrected chi connectivity index (χ2v) is 2.11. The van der Waals surface area contributed by atoms with E-state index in [9.17, 15) is 4.79 Å². The van der Waals surface area contributed by atoms with Crippen molar-refractivity contribution in [2.75, 3.05) is 11.9 Å². The average molecular weight is 189 g/mol. The standard InChI is InChI=1S/C8H9NO2.CH3.Na/c10-8(11)6-9-7-4-2-1-3-5-7;;/h1-5,9H,6H2,(H,10,11);1H3;/q;-1;+1. The Bertz CT molecular complexity index is 239. The van der Waals surface area contributed by atoms with Crippen molar-refractivity contribution in [3.05, 3.63) is 37.8 Å². The second-order valence-electron chi connectivity index (χ2n) is 2.11. The van der Waals surface area contributed by atoms with Crippen LogP contribution in [0.25, 0.3) is 0 Å². The number of carbonyl (C=O) groups is 1. The molecule has 0 saturated carbocycles. The van der Waals surface area contributed by atoms with E-state index in [1.54, 1.807) is 0 Å². The summed E-state index contributed by atoms with van der Waals surface area (Å²) in [5.74, 6) is -0.853. The Morgan fingerprint density at radius 3 is 2.31 bits per heavy atom. The quantitative estimate of drug-likeness (QED) is 0.456. The number of rotatable bonds is 3. The minimum Gasteiger partial charge on any atom is -0.480 e. The van der Waals surface area contributed by atoms with Crippen LogP contribution in [0.4, 0.5) is 5.69 Å². The predicted molar refractivity (Wildman–Crippen MR) is 49.0 cm³/mol. The summed E-state index contributed by atoms with van der Waals surface area (Å²) in [5.41, 5.74) is 0.829. The van der Waals surface area contributed by atoms with E-state index in [-0.39, 0.29) is 43.5 Å². The molecular formula is C9H12NNaO2. The third-order valence-corrected chi connectivity index (χ3v) is 1.22. The molecule has 66 valence electrons. The fourth-order valence-corrected chi connectivity index (χ4v) is 0.734. The van der Waals surface area contributed by atoms with Gasteiger partial charge in [0, 0.05) is 5.69 Å². The Balaban J connectivity index is 0. The largest absolute Gasteiger partial charge is 1.00 e. The number of anilines is 1. The normalized spacial score (nSPS) is 7.69. The number of carboxylic acid groups (broad SMARTS) is 1. The first-order valence-electron chi connectivity index (χ1n) is 3.30. The van der Waals surface area contributed by atoms with Crippen LogP contribution >= 0.6 is 0 Å². The van der Waals surface area contributed by atoms with Gasteiger partial charge in [-0.25, -0.2) is 0 Å². The number of para-hydroxylation sites is 1. The molecule has 0 aliphatic heterocycles. The van der Waals surface area contributed by atoms with Crippen molar-refractivity contribution >= 4 is 11.7 Å². The van der Waals surface area contributed by atoms with Crippen LogP contribution in [0.5, 0.6) is 0 Å². The molecule has 0 heterocycles. The van der Waals surface area contributed by atoms with Gasteiger partial charge >= 0.3 is 35.5 Å². The summed E-state index contributed by atoms with van der Waals surface area (Å²) in [4.78, 5) is 10.1. The fraction of sp³-hybridized carbons (Fsp3) is 0.111. The summed E-state index contributed by atoms with van der Waals surface area (Å²) in [7, 11) is 0. The van der Waals surface area contributed by atoms with Gasteiger partial charge in [-0.05, 0) is 12.1 Å². The molecule has 3 nitrogen and oxygen atoms in total. The van der Waals surface area contributed by atoms with Gasteiger partial charge in [0.2, 0.25) is 0 Å². The van der Waals surface area contributed by atoms with Gasteiger partial charge in [-0.15, -0.1) is 0 Å². The molecule has 0 saturated heterocycles. The number of carboxylic acids is 1. The Hall–Kier alpha value is -0.510. The van der Waals surface area contributed by atoms with Crippen molar-refractivity contribution in [1.82, 2.24) is 0 Å². The van der Waals surface area contributed by atoms with Crippen molar-refractivity contribution in [3.8, 4) is 0 Å². The molecule has 13 heavy (non-hydrogen) atoms. The number of hydrogen-bond acceptors (Lipinski definition) is 2. The van der Waals surface area contributed by atoms with Gasteiger partial charge in [-0.1, -0.05) is 18.2 Å². The molecule has 0 aliphatic rings. The van der Waals surface area contributed by atoms with Crippen molar-refractivity contribution in [2.24, 2.45) is 0 Å². The van der Waals surface area contributed by atoms with Crippen LogP contribution in [0.1, 0.15) is 0 Å². The SMILES string of the molecule is O=C(O)CNc1ccccc1.[CH3-].[Na+]. The zero-order valence-corrected chi connectivity index (χ0v) is 9.95. The average Bonchev–Trinajstić information content (AvgIpc) is 2.03. The van der Waals surface area contributed by atoms with Gasteiger partial charge < -0.3 is 17.8 Å². The first kappa shape index (κ1) is 15.0. The molecule has 0 bridgehead atoms.